The highest BCUT2D eigenvalue weighted by Gasteiger charge is 2.18. The highest BCUT2D eigenvalue weighted by atomic mass is 32.2. The number of hydrogen-bond acceptors (Lipinski definition) is 5. The second kappa shape index (κ2) is 6.78. The number of ether oxygens (including phenoxy) is 1. The van der Waals surface area contributed by atoms with Gasteiger partial charge in [-0.1, -0.05) is 6.07 Å². The molecule has 3 aromatic rings. The summed E-state index contributed by atoms with van der Waals surface area (Å²) < 4.78 is 33.2. The fraction of sp³-hybridized carbons (Fsp3) is 0.222. The minimum absolute atomic E-state index is 0.180. The van der Waals surface area contributed by atoms with Crippen molar-refractivity contribution in [2.45, 2.75) is 25.3 Å². The topological polar surface area (TPSA) is 81.2 Å². The van der Waals surface area contributed by atoms with Gasteiger partial charge in [0.25, 0.3) is 0 Å². The molecule has 0 spiro atoms. The zero-order valence-corrected chi connectivity index (χ0v) is 15.1. The molecule has 0 radical (unpaired) electrons. The summed E-state index contributed by atoms with van der Waals surface area (Å²) in [6, 6.07) is 8.86. The molecule has 1 N–H and O–H groups in total. The minimum atomic E-state index is -3.63. The molecule has 0 saturated carbocycles. The fourth-order valence-corrected chi connectivity index (χ4v) is 3.97. The van der Waals surface area contributed by atoms with Crippen molar-refractivity contribution >= 4 is 21.1 Å². The SMILES string of the molecule is COc1cc(C)c(S(=O)(=O)NCc2ccc3nccnc3c2)cc1C. The molecule has 0 unspecified atom stereocenters. The third kappa shape index (κ3) is 3.62. The number of nitrogens with one attached hydrogen (secondary N) is 1. The summed E-state index contributed by atoms with van der Waals surface area (Å²) in [6.07, 6.45) is 3.24. The summed E-state index contributed by atoms with van der Waals surface area (Å²) in [5.41, 5.74) is 3.74. The molecule has 6 nitrogen and oxygen atoms in total. The highest BCUT2D eigenvalue weighted by Crippen LogP contribution is 2.25. The molecule has 0 bridgehead atoms. The Labute approximate surface area is 146 Å². The lowest BCUT2D eigenvalue weighted by atomic mass is 10.1. The molecule has 3 rings (SSSR count). The number of aryl methyl sites for hydroxylation is 2. The molecular weight excluding hydrogens is 338 g/mol. The third-order valence-corrected chi connectivity index (χ3v) is 5.53. The van der Waals surface area contributed by atoms with Crippen LogP contribution < -0.4 is 9.46 Å². The van der Waals surface area contributed by atoms with Gasteiger partial charge in [-0.2, -0.15) is 0 Å². The maximum absolute atomic E-state index is 12.7. The highest BCUT2D eigenvalue weighted by molar-refractivity contribution is 7.89. The van der Waals surface area contributed by atoms with Crippen LogP contribution in [0.4, 0.5) is 0 Å². The van der Waals surface area contributed by atoms with E-state index in [0.29, 0.717) is 11.3 Å². The number of sulfonamides is 1. The van der Waals surface area contributed by atoms with Crippen molar-refractivity contribution in [2.75, 3.05) is 7.11 Å². The largest absolute Gasteiger partial charge is 0.496 e. The van der Waals surface area contributed by atoms with Crippen LogP contribution in [0.1, 0.15) is 16.7 Å². The van der Waals surface area contributed by atoms with Crippen LogP contribution in [0, 0.1) is 13.8 Å². The normalized spacial score (nSPS) is 11.6. The quantitative estimate of drug-likeness (QED) is 0.759. The van der Waals surface area contributed by atoms with Crippen LogP contribution >= 0.6 is 0 Å². The zero-order valence-electron chi connectivity index (χ0n) is 14.3. The van der Waals surface area contributed by atoms with Gasteiger partial charge in [-0.25, -0.2) is 13.1 Å². The van der Waals surface area contributed by atoms with Crippen molar-refractivity contribution in [3.8, 4) is 5.75 Å². The molecular formula is C18H19N3O3S. The van der Waals surface area contributed by atoms with E-state index < -0.39 is 10.0 Å². The first-order chi connectivity index (χ1) is 11.9. The molecule has 0 fully saturated rings. The average Bonchev–Trinajstić information content (AvgIpc) is 2.61. The van der Waals surface area contributed by atoms with Crippen LogP contribution in [0.5, 0.6) is 5.75 Å². The van der Waals surface area contributed by atoms with Gasteiger partial charge in [0.15, 0.2) is 0 Å². The molecule has 25 heavy (non-hydrogen) atoms. The van der Waals surface area contributed by atoms with Crippen molar-refractivity contribution in [1.82, 2.24) is 14.7 Å². The van der Waals surface area contributed by atoms with E-state index in [1.54, 1.807) is 38.6 Å². The summed E-state index contributed by atoms with van der Waals surface area (Å²) in [5, 5.41) is 0. The third-order valence-electron chi connectivity index (χ3n) is 3.98. The molecule has 0 aliphatic heterocycles. The van der Waals surface area contributed by atoms with Crippen LogP contribution in [0.25, 0.3) is 11.0 Å². The van der Waals surface area contributed by atoms with E-state index in [2.05, 4.69) is 14.7 Å². The standard InChI is InChI=1S/C18H19N3O3S/c1-12-9-18(13(2)8-17(12)24-3)25(22,23)21-11-14-4-5-15-16(10-14)20-7-6-19-15/h4-10,21H,11H2,1-3H3. The van der Waals surface area contributed by atoms with E-state index in [1.165, 1.54) is 0 Å². The smallest absolute Gasteiger partial charge is 0.241 e. The summed E-state index contributed by atoms with van der Waals surface area (Å²) in [7, 11) is -2.07. The summed E-state index contributed by atoms with van der Waals surface area (Å²) >= 11 is 0. The predicted octanol–water partition coefficient (Wildman–Crippen LogP) is 2.73. The summed E-state index contributed by atoms with van der Waals surface area (Å²) in [4.78, 5) is 8.69. The zero-order chi connectivity index (χ0) is 18.0. The van der Waals surface area contributed by atoms with Gasteiger partial charge in [0, 0.05) is 18.9 Å². The Kier molecular flexibility index (Phi) is 4.69. The van der Waals surface area contributed by atoms with Crippen molar-refractivity contribution in [3.05, 3.63) is 59.4 Å². The Hall–Kier alpha value is -2.51. The second-order valence-corrected chi connectivity index (χ2v) is 7.53. The van der Waals surface area contributed by atoms with Gasteiger partial charge in [0.05, 0.1) is 23.0 Å². The fourth-order valence-electron chi connectivity index (χ4n) is 2.65. The maximum atomic E-state index is 12.7. The molecule has 0 aliphatic rings. The van der Waals surface area contributed by atoms with Crippen LogP contribution in [0.3, 0.4) is 0 Å². The number of hydrogen-bond donors (Lipinski definition) is 1. The predicted molar refractivity (Wildman–Crippen MR) is 96.0 cm³/mol. The Morgan fingerprint density at radius 1 is 1.00 bits per heavy atom. The van der Waals surface area contributed by atoms with Gasteiger partial charge < -0.3 is 4.74 Å². The summed E-state index contributed by atoms with van der Waals surface area (Å²) in [5.74, 6) is 0.671. The van der Waals surface area contributed by atoms with Crippen molar-refractivity contribution in [1.29, 1.82) is 0 Å². The summed E-state index contributed by atoms with van der Waals surface area (Å²) in [6.45, 7) is 3.75. The lowest BCUT2D eigenvalue weighted by Gasteiger charge is -2.13. The molecule has 1 heterocycles. The van der Waals surface area contributed by atoms with Gasteiger partial charge in [0.2, 0.25) is 10.0 Å². The Bertz CT molecular complexity index is 1030. The first-order valence-corrected chi connectivity index (χ1v) is 9.23. The number of aromatic nitrogens is 2. The second-order valence-electron chi connectivity index (χ2n) is 5.79. The van der Waals surface area contributed by atoms with Crippen LogP contribution in [0.15, 0.2) is 47.6 Å². The monoisotopic (exact) mass is 357 g/mol. The molecule has 7 heteroatoms. The average molecular weight is 357 g/mol. The molecule has 130 valence electrons. The van der Waals surface area contributed by atoms with E-state index in [9.17, 15) is 8.42 Å². The van der Waals surface area contributed by atoms with Gasteiger partial charge in [-0.15, -0.1) is 0 Å². The Balaban J connectivity index is 1.85. The van der Waals surface area contributed by atoms with Crippen molar-refractivity contribution in [2.24, 2.45) is 0 Å². The first kappa shape index (κ1) is 17.3. The Morgan fingerprint density at radius 3 is 2.44 bits per heavy atom. The van der Waals surface area contributed by atoms with Crippen LogP contribution in [0.2, 0.25) is 0 Å². The molecule has 0 aliphatic carbocycles. The van der Waals surface area contributed by atoms with Crippen molar-refractivity contribution in [3.63, 3.8) is 0 Å². The molecule has 0 atom stereocenters. The number of fused-ring (bicyclic) bond motifs is 1. The lowest BCUT2D eigenvalue weighted by molar-refractivity contribution is 0.411. The number of methoxy groups -OCH3 is 1. The number of benzene rings is 2. The van der Waals surface area contributed by atoms with Gasteiger partial charge in [0.1, 0.15) is 5.75 Å². The Morgan fingerprint density at radius 2 is 1.72 bits per heavy atom. The minimum Gasteiger partial charge on any atom is -0.496 e. The van der Waals surface area contributed by atoms with Gasteiger partial charge >= 0.3 is 0 Å². The molecule has 0 saturated heterocycles. The van der Waals surface area contributed by atoms with Gasteiger partial charge in [-0.05, 0) is 54.8 Å². The van der Waals surface area contributed by atoms with Crippen LogP contribution in [-0.2, 0) is 16.6 Å². The van der Waals surface area contributed by atoms with Gasteiger partial charge in [-0.3, -0.25) is 9.97 Å². The molecule has 0 amide bonds. The maximum Gasteiger partial charge on any atom is 0.241 e. The molecule has 2 aromatic carbocycles. The van der Waals surface area contributed by atoms with E-state index in [4.69, 9.17) is 4.74 Å². The van der Waals surface area contributed by atoms with E-state index >= 15 is 0 Å². The van der Waals surface area contributed by atoms with Crippen molar-refractivity contribution < 1.29 is 13.2 Å². The first-order valence-electron chi connectivity index (χ1n) is 7.75. The number of nitrogens with zero attached hydrogens (tertiary/aromatic N) is 2. The van der Waals surface area contributed by atoms with E-state index in [1.807, 2.05) is 25.1 Å². The molecule has 1 aromatic heterocycles. The van der Waals surface area contributed by atoms with E-state index in [-0.39, 0.29) is 11.4 Å². The number of rotatable bonds is 5. The van der Waals surface area contributed by atoms with Crippen LogP contribution in [-0.4, -0.2) is 25.5 Å². The lowest BCUT2D eigenvalue weighted by Crippen LogP contribution is -2.24. The van der Waals surface area contributed by atoms with E-state index in [0.717, 1.165) is 22.2 Å².